The maximum absolute atomic E-state index is 11.6. The van der Waals surface area contributed by atoms with Gasteiger partial charge in [0.25, 0.3) is 0 Å². The number of thiazole rings is 1. The average molecular weight is 263 g/mol. The third-order valence-corrected chi connectivity index (χ3v) is 3.32. The molecule has 0 saturated heterocycles. The van der Waals surface area contributed by atoms with E-state index in [1.165, 1.54) is 18.4 Å². The van der Waals surface area contributed by atoms with E-state index in [2.05, 4.69) is 4.98 Å². The number of hydrogen-bond donors (Lipinski definition) is 0. The number of carbonyl (C=O) groups excluding carboxylic acids is 1. The molecular weight excluding hydrogens is 250 g/mol. The van der Waals surface area contributed by atoms with Crippen LogP contribution in [0.1, 0.15) is 16.1 Å². The molecule has 1 heterocycles. The van der Waals surface area contributed by atoms with Crippen molar-refractivity contribution in [1.82, 2.24) is 4.98 Å². The van der Waals surface area contributed by atoms with Gasteiger partial charge in [-0.1, -0.05) is 18.2 Å². The van der Waals surface area contributed by atoms with Crippen molar-refractivity contribution in [2.75, 3.05) is 14.2 Å². The van der Waals surface area contributed by atoms with Gasteiger partial charge in [0.15, 0.2) is 5.69 Å². The summed E-state index contributed by atoms with van der Waals surface area (Å²) in [5, 5.41) is 0. The number of ether oxygens (including phenoxy) is 2. The molecule has 94 valence electrons. The van der Waals surface area contributed by atoms with E-state index in [-0.39, 0.29) is 0 Å². The summed E-state index contributed by atoms with van der Waals surface area (Å²) in [6.07, 6.45) is 0. The Hall–Kier alpha value is -1.72. The van der Waals surface area contributed by atoms with Gasteiger partial charge in [0.2, 0.25) is 0 Å². The van der Waals surface area contributed by atoms with Crippen LogP contribution < -0.4 is 0 Å². The van der Waals surface area contributed by atoms with Gasteiger partial charge in [-0.2, -0.15) is 0 Å². The van der Waals surface area contributed by atoms with E-state index in [0.29, 0.717) is 12.3 Å². The van der Waals surface area contributed by atoms with Gasteiger partial charge in [0, 0.05) is 7.11 Å². The summed E-state index contributed by atoms with van der Waals surface area (Å²) in [5.74, 6) is -0.414. The van der Waals surface area contributed by atoms with Crippen LogP contribution in [0.15, 0.2) is 29.8 Å². The number of nitrogens with zero attached hydrogens (tertiary/aromatic N) is 1. The second kappa shape index (κ2) is 5.75. The van der Waals surface area contributed by atoms with Crippen molar-refractivity contribution in [2.45, 2.75) is 6.61 Å². The Balaban J connectivity index is 2.39. The number of esters is 1. The lowest BCUT2D eigenvalue weighted by atomic mass is 10.1. The Labute approximate surface area is 109 Å². The van der Waals surface area contributed by atoms with Gasteiger partial charge < -0.3 is 9.47 Å². The van der Waals surface area contributed by atoms with Gasteiger partial charge in [-0.05, 0) is 17.2 Å². The summed E-state index contributed by atoms with van der Waals surface area (Å²) in [4.78, 5) is 16.4. The van der Waals surface area contributed by atoms with Crippen molar-refractivity contribution < 1.29 is 14.3 Å². The SMILES string of the molecule is COCc1cccc(-c2scnc2C(=O)OC)c1. The molecule has 0 fully saturated rings. The van der Waals surface area contributed by atoms with E-state index in [4.69, 9.17) is 9.47 Å². The largest absolute Gasteiger partial charge is 0.464 e. The molecule has 1 aromatic carbocycles. The Kier molecular flexibility index (Phi) is 4.07. The van der Waals surface area contributed by atoms with Gasteiger partial charge in [0.05, 0.1) is 24.1 Å². The minimum Gasteiger partial charge on any atom is -0.464 e. The van der Waals surface area contributed by atoms with Gasteiger partial charge in [-0.3, -0.25) is 0 Å². The normalized spacial score (nSPS) is 10.3. The van der Waals surface area contributed by atoms with Crippen LogP contribution in [-0.2, 0) is 16.1 Å². The molecule has 4 nitrogen and oxygen atoms in total. The van der Waals surface area contributed by atoms with Crippen LogP contribution in [0.3, 0.4) is 0 Å². The molecular formula is C13H13NO3S. The van der Waals surface area contributed by atoms with E-state index in [1.54, 1.807) is 12.6 Å². The highest BCUT2D eigenvalue weighted by Gasteiger charge is 2.16. The lowest BCUT2D eigenvalue weighted by Gasteiger charge is -2.04. The molecule has 0 amide bonds. The molecule has 0 unspecified atom stereocenters. The molecule has 0 aliphatic heterocycles. The van der Waals surface area contributed by atoms with E-state index < -0.39 is 5.97 Å². The zero-order valence-corrected chi connectivity index (χ0v) is 11.0. The first-order chi connectivity index (χ1) is 8.76. The highest BCUT2D eigenvalue weighted by molar-refractivity contribution is 7.13. The first-order valence-corrected chi connectivity index (χ1v) is 6.24. The van der Waals surface area contributed by atoms with Crippen LogP contribution >= 0.6 is 11.3 Å². The fraction of sp³-hybridized carbons (Fsp3) is 0.231. The van der Waals surface area contributed by atoms with Crippen molar-refractivity contribution >= 4 is 17.3 Å². The van der Waals surface area contributed by atoms with Crippen molar-refractivity contribution in [1.29, 1.82) is 0 Å². The van der Waals surface area contributed by atoms with Crippen molar-refractivity contribution in [3.05, 3.63) is 41.0 Å². The van der Waals surface area contributed by atoms with E-state index in [1.807, 2.05) is 24.3 Å². The van der Waals surface area contributed by atoms with Crippen molar-refractivity contribution in [3.63, 3.8) is 0 Å². The highest BCUT2D eigenvalue weighted by atomic mass is 32.1. The Morgan fingerprint density at radius 3 is 2.94 bits per heavy atom. The van der Waals surface area contributed by atoms with Crippen LogP contribution in [0.2, 0.25) is 0 Å². The van der Waals surface area contributed by atoms with Gasteiger partial charge in [-0.15, -0.1) is 11.3 Å². The van der Waals surface area contributed by atoms with Crippen molar-refractivity contribution in [2.24, 2.45) is 0 Å². The lowest BCUT2D eigenvalue weighted by molar-refractivity contribution is 0.0596. The molecule has 2 rings (SSSR count). The van der Waals surface area contributed by atoms with E-state index >= 15 is 0 Å². The molecule has 5 heteroatoms. The molecule has 0 spiro atoms. The number of aromatic nitrogens is 1. The number of hydrogen-bond acceptors (Lipinski definition) is 5. The number of benzene rings is 1. The number of methoxy groups -OCH3 is 2. The fourth-order valence-electron chi connectivity index (χ4n) is 1.66. The van der Waals surface area contributed by atoms with Crippen LogP contribution in [-0.4, -0.2) is 25.2 Å². The standard InChI is InChI=1S/C13H13NO3S/c1-16-7-9-4-3-5-10(6-9)12-11(13(15)17-2)14-8-18-12/h3-6,8H,7H2,1-2H3. The maximum atomic E-state index is 11.6. The number of rotatable bonds is 4. The van der Waals surface area contributed by atoms with Crippen LogP contribution in [0, 0.1) is 0 Å². The maximum Gasteiger partial charge on any atom is 0.358 e. The average Bonchev–Trinajstić information content (AvgIpc) is 2.88. The summed E-state index contributed by atoms with van der Waals surface area (Å²) in [7, 11) is 3.01. The van der Waals surface area contributed by atoms with Crippen LogP contribution in [0.25, 0.3) is 10.4 Å². The van der Waals surface area contributed by atoms with Crippen LogP contribution in [0.5, 0.6) is 0 Å². The first-order valence-electron chi connectivity index (χ1n) is 5.36. The molecule has 0 aliphatic rings. The topological polar surface area (TPSA) is 48.4 Å². The molecule has 0 radical (unpaired) electrons. The summed E-state index contributed by atoms with van der Waals surface area (Å²) in [5.41, 5.74) is 4.01. The Bertz CT molecular complexity index is 551. The second-order valence-corrected chi connectivity index (χ2v) is 4.51. The Morgan fingerprint density at radius 2 is 2.22 bits per heavy atom. The summed E-state index contributed by atoms with van der Waals surface area (Å²) >= 11 is 1.42. The zero-order valence-electron chi connectivity index (χ0n) is 10.2. The smallest absolute Gasteiger partial charge is 0.358 e. The highest BCUT2D eigenvalue weighted by Crippen LogP contribution is 2.28. The second-order valence-electron chi connectivity index (χ2n) is 3.66. The van der Waals surface area contributed by atoms with Gasteiger partial charge in [-0.25, -0.2) is 9.78 Å². The molecule has 18 heavy (non-hydrogen) atoms. The van der Waals surface area contributed by atoms with E-state index in [0.717, 1.165) is 16.0 Å². The monoisotopic (exact) mass is 263 g/mol. The summed E-state index contributed by atoms with van der Waals surface area (Å²) in [6, 6.07) is 7.85. The third-order valence-electron chi connectivity index (χ3n) is 2.45. The predicted octanol–water partition coefficient (Wildman–Crippen LogP) is 2.74. The molecule has 0 bridgehead atoms. The minimum atomic E-state index is -0.414. The quantitative estimate of drug-likeness (QED) is 0.796. The third kappa shape index (κ3) is 2.57. The van der Waals surface area contributed by atoms with Gasteiger partial charge in [0.1, 0.15) is 0 Å². The molecule has 0 N–H and O–H groups in total. The van der Waals surface area contributed by atoms with E-state index in [9.17, 15) is 4.79 Å². The molecule has 2 aromatic rings. The van der Waals surface area contributed by atoms with Gasteiger partial charge >= 0.3 is 5.97 Å². The molecule has 0 saturated carbocycles. The molecule has 0 aliphatic carbocycles. The molecule has 0 atom stereocenters. The summed E-state index contributed by atoms with van der Waals surface area (Å²) < 4.78 is 9.81. The first kappa shape index (κ1) is 12.7. The van der Waals surface area contributed by atoms with Crippen LogP contribution in [0.4, 0.5) is 0 Å². The molecule has 1 aromatic heterocycles. The summed E-state index contributed by atoms with van der Waals surface area (Å²) in [6.45, 7) is 0.542. The predicted molar refractivity (Wildman–Crippen MR) is 69.6 cm³/mol. The lowest BCUT2D eigenvalue weighted by Crippen LogP contribution is -2.03. The Morgan fingerprint density at radius 1 is 1.39 bits per heavy atom. The zero-order chi connectivity index (χ0) is 13.0. The van der Waals surface area contributed by atoms with Crippen molar-refractivity contribution in [3.8, 4) is 10.4 Å². The minimum absolute atomic E-state index is 0.358. The number of carbonyl (C=O) groups is 1. The fourth-order valence-corrected chi connectivity index (χ4v) is 2.44.